The highest BCUT2D eigenvalue weighted by molar-refractivity contribution is 6.01. The molecule has 1 atom stereocenters. The third kappa shape index (κ3) is 4.44. The fourth-order valence-electron chi connectivity index (χ4n) is 3.23. The van der Waals surface area contributed by atoms with Crippen molar-refractivity contribution in [1.29, 1.82) is 0 Å². The van der Waals surface area contributed by atoms with Crippen molar-refractivity contribution < 1.29 is 14.4 Å². The number of piperidine rings is 1. The maximum atomic E-state index is 12.3. The molecule has 1 fully saturated rings. The summed E-state index contributed by atoms with van der Waals surface area (Å²) < 4.78 is 0. The molecule has 1 heterocycles. The lowest BCUT2D eigenvalue weighted by Gasteiger charge is -2.31. The number of amides is 4. The molecule has 1 aliphatic rings. The normalized spacial score (nSPS) is 16.4. The molecular formula is C20H22N4O3. The van der Waals surface area contributed by atoms with Gasteiger partial charge in [-0.25, -0.2) is 10.2 Å². The van der Waals surface area contributed by atoms with E-state index in [-0.39, 0.29) is 17.7 Å². The van der Waals surface area contributed by atoms with Gasteiger partial charge in [0.15, 0.2) is 0 Å². The first-order chi connectivity index (χ1) is 13.1. The second-order valence-electron chi connectivity index (χ2n) is 6.42. The minimum Gasteiger partial charge on any atom is -0.338 e. The maximum absolute atomic E-state index is 12.3. The average molecular weight is 366 g/mol. The minimum atomic E-state index is -0.533. The Morgan fingerprint density at radius 2 is 1.85 bits per heavy atom. The van der Waals surface area contributed by atoms with Crippen LogP contribution in [0.1, 0.15) is 12.8 Å². The molecule has 0 saturated carbocycles. The van der Waals surface area contributed by atoms with Gasteiger partial charge in [0.1, 0.15) is 0 Å². The number of carbonyl (C=O) groups excluding carboxylic acids is 3. The van der Waals surface area contributed by atoms with Crippen LogP contribution in [0.15, 0.2) is 55.1 Å². The molecule has 0 spiro atoms. The van der Waals surface area contributed by atoms with Crippen molar-refractivity contribution in [2.45, 2.75) is 12.8 Å². The molecule has 7 heteroatoms. The lowest BCUT2D eigenvalue weighted by Crippen LogP contribution is -2.50. The van der Waals surface area contributed by atoms with Gasteiger partial charge in [0.05, 0.1) is 11.6 Å². The third-order valence-electron chi connectivity index (χ3n) is 4.62. The van der Waals surface area contributed by atoms with Gasteiger partial charge in [0, 0.05) is 18.5 Å². The maximum Gasteiger partial charge on any atom is 0.337 e. The number of fused-ring (bicyclic) bond motifs is 1. The molecule has 2 aromatic rings. The fraction of sp³-hybridized carbons (Fsp3) is 0.250. The molecule has 7 nitrogen and oxygen atoms in total. The number of benzene rings is 2. The van der Waals surface area contributed by atoms with Crippen LogP contribution in [-0.4, -0.2) is 35.8 Å². The zero-order valence-electron chi connectivity index (χ0n) is 14.9. The van der Waals surface area contributed by atoms with Gasteiger partial charge in [-0.05, 0) is 30.4 Å². The predicted molar refractivity (Wildman–Crippen MR) is 104 cm³/mol. The molecule has 0 radical (unpaired) electrons. The van der Waals surface area contributed by atoms with E-state index in [2.05, 4.69) is 22.7 Å². The summed E-state index contributed by atoms with van der Waals surface area (Å²) in [4.78, 5) is 37.8. The standard InChI is InChI=1S/C20H22N4O3/c1-2-18(25)24-12-6-9-15(13-24)19(26)22-23-20(27)21-17-11-5-8-14-7-3-4-10-16(14)17/h2-5,7-8,10-11,15H,1,6,9,12-13H2,(H,22,26)(H2,21,23,27). The number of urea groups is 1. The van der Waals surface area contributed by atoms with E-state index in [1.165, 1.54) is 6.08 Å². The Hall–Kier alpha value is -3.35. The van der Waals surface area contributed by atoms with Crippen molar-refractivity contribution in [3.63, 3.8) is 0 Å². The summed E-state index contributed by atoms with van der Waals surface area (Å²) in [6.07, 6.45) is 2.65. The number of hydrogen-bond acceptors (Lipinski definition) is 3. The van der Waals surface area contributed by atoms with Gasteiger partial charge in [-0.2, -0.15) is 0 Å². The molecule has 3 rings (SSSR count). The van der Waals surface area contributed by atoms with Gasteiger partial charge in [-0.1, -0.05) is 43.0 Å². The Morgan fingerprint density at radius 3 is 2.67 bits per heavy atom. The van der Waals surface area contributed by atoms with Crippen molar-refractivity contribution in [1.82, 2.24) is 15.8 Å². The second-order valence-corrected chi connectivity index (χ2v) is 6.42. The summed E-state index contributed by atoms with van der Waals surface area (Å²) in [5, 5.41) is 4.65. The van der Waals surface area contributed by atoms with Crippen LogP contribution >= 0.6 is 0 Å². The molecule has 0 aromatic heterocycles. The van der Waals surface area contributed by atoms with Crippen LogP contribution < -0.4 is 16.2 Å². The molecule has 4 amide bonds. The van der Waals surface area contributed by atoms with Gasteiger partial charge in [0.2, 0.25) is 11.8 Å². The lowest BCUT2D eigenvalue weighted by molar-refractivity contribution is -0.132. The topological polar surface area (TPSA) is 90.5 Å². The summed E-state index contributed by atoms with van der Waals surface area (Å²) in [6.45, 7) is 4.41. The smallest absolute Gasteiger partial charge is 0.337 e. The number of rotatable bonds is 3. The van der Waals surface area contributed by atoms with Crippen LogP contribution in [-0.2, 0) is 9.59 Å². The van der Waals surface area contributed by atoms with Crippen molar-refractivity contribution in [3.8, 4) is 0 Å². The molecule has 140 valence electrons. The van der Waals surface area contributed by atoms with Crippen LogP contribution in [0, 0.1) is 5.92 Å². The Morgan fingerprint density at radius 1 is 1.07 bits per heavy atom. The highest BCUT2D eigenvalue weighted by Gasteiger charge is 2.27. The molecule has 1 saturated heterocycles. The molecule has 2 aromatic carbocycles. The predicted octanol–water partition coefficient (Wildman–Crippen LogP) is 2.42. The molecule has 0 bridgehead atoms. The summed E-state index contributed by atoms with van der Waals surface area (Å²) in [6, 6.07) is 12.8. The SMILES string of the molecule is C=CC(=O)N1CCCC(C(=O)NNC(=O)Nc2cccc3ccccc23)C1. The largest absolute Gasteiger partial charge is 0.338 e. The van der Waals surface area contributed by atoms with E-state index >= 15 is 0 Å². The number of likely N-dealkylation sites (tertiary alicyclic amines) is 1. The van der Waals surface area contributed by atoms with Crippen LogP contribution in [0.25, 0.3) is 10.8 Å². The van der Waals surface area contributed by atoms with Crippen molar-refractivity contribution >= 4 is 34.3 Å². The second kappa shape index (κ2) is 8.35. The summed E-state index contributed by atoms with van der Waals surface area (Å²) >= 11 is 0. The molecule has 0 aliphatic carbocycles. The van der Waals surface area contributed by atoms with Gasteiger partial charge < -0.3 is 10.2 Å². The van der Waals surface area contributed by atoms with Gasteiger partial charge in [-0.3, -0.25) is 15.0 Å². The molecule has 1 unspecified atom stereocenters. The minimum absolute atomic E-state index is 0.186. The Bertz CT molecular complexity index is 875. The third-order valence-corrected chi connectivity index (χ3v) is 4.62. The number of carbonyl (C=O) groups is 3. The number of nitrogens with one attached hydrogen (secondary N) is 3. The van der Waals surface area contributed by atoms with E-state index in [0.717, 1.165) is 17.2 Å². The number of hydrogen-bond donors (Lipinski definition) is 3. The summed E-state index contributed by atoms with van der Waals surface area (Å²) in [5.74, 6) is -0.862. The van der Waals surface area contributed by atoms with Crippen LogP contribution in [0.3, 0.4) is 0 Å². The molecular weight excluding hydrogens is 344 g/mol. The van der Waals surface area contributed by atoms with E-state index in [4.69, 9.17) is 0 Å². The fourth-order valence-corrected chi connectivity index (χ4v) is 3.23. The zero-order valence-corrected chi connectivity index (χ0v) is 14.9. The van der Waals surface area contributed by atoms with E-state index in [1.54, 1.807) is 11.0 Å². The van der Waals surface area contributed by atoms with E-state index in [0.29, 0.717) is 25.2 Å². The van der Waals surface area contributed by atoms with Crippen LogP contribution in [0.2, 0.25) is 0 Å². The van der Waals surface area contributed by atoms with Crippen molar-refractivity contribution in [2.24, 2.45) is 5.92 Å². The molecule has 1 aliphatic heterocycles. The van der Waals surface area contributed by atoms with Gasteiger partial charge >= 0.3 is 6.03 Å². The summed E-state index contributed by atoms with van der Waals surface area (Å²) in [7, 11) is 0. The Balaban J connectivity index is 1.55. The Labute approximate surface area is 157 Å². The average Bonchev–Trinajstić information content (AvgIpc) is 2.71. The first-order valence-corrected chi connectivity index (χ1v) is 8.84. The number of anilines is 1. The Kier molecular flexibility index (Phi) is 5.71. The summed E-state index contributed by atoms with van der Waals surface area (Å²) in [5.41, 5.74) is 5.46. The van der Waals surface area contributed by atoms with E-state index < -0.39 is 6.03 Å². The van der Waals surface area contributed by atoms with Crippen LogP contribution in [0.5, 0.6) is 0 Å². The quantitative estimate of drug-likeness (QED) is 0.576. The highest BCUT2D eigenvalue weighted by Crippen LogP contribution is 2.22. The highest BCUT2D eigenvalue weighted by atomic mass is 16.2. The molecule has 3 N–H and O–H groups in total. The molecule has 27 heavy (non-hydrogen) atoms. The first kappa shape index (κ1) is 18.4. The van der Waals surface area contributed by atoms with Crippen molar-refractivity contribution in [3.05, 3.63) is 55.1 Å². The number of hydrazine groups is 1. The monoisotopic (exact) mass is 366 g/mol. The number of nitrogens with zero attached hydrogens (tertiary/aromatic N) is 1. The first-order valence-electron chi connectivity index (χ1n) is 8.84. The van der Waals surface area contributed by atoms with Gasteiger partial charge in [-0.15, -0.1) is 0 Å². The lowest BCUT2D eigenvalue weighted by atomic mass is 9.97. The van der Waals surface area contributed by atoms with E-state index in [9.17, 15) is 14.4 Å². The van der Waals surface area contributed by atoms with Gasteiger partial charge in [0.25, 0.3) is 0 Å². The van der Waals surface area contributed by atoms with Crippen LogP contribution in [0.4, 0.5) is 10.5 Å². The van der Waals surface area contributed by atoms with E-state index in [1.807, 2.05) is 36.4 Å². The zero-order chi connectivity index (χ0) is 19.2. The van der Waals surface area contributed by atoms with Crippen molar-refractivity contribution in [2.75, 3.05) is 18.4 Å².